The average Bonchev–Trinajstić information content (AvgIpc) is 2.56. The minimum atomic E-state index is -0.692. The Kier molecular flexibility index (Phi) is 3.00. The monoisotopic (exact) mass is 222 g/mol. The van der Waals surface area contributed by atoms with Gasteiger partial charge in [0, 0.05) is 16.6 Å². The van der Waals surface area contributed by atoms with E-state index in [0.717, 1.165) is 12.8 Å². The molecule has 0 fully saturated rings. The number of carboxylic acid groups (broad SMARTS) is 1. The van der Waals surface area contributed by atoms with Crippen LogP contribution in [-0.4, -0.2) is 16.3 Å². The first kappa shape index (κ1) is 10.6. The highest BCUT2D eigenvalue weighted by atomic mass is 32.2. The molecule has 2 rings (SSSR count). The van der Waals surface area contributed by atoms with E-state index in [1.807, 2.05) is 11.8 Å². The minimum absolute atomic E-state index is 0.282. The zero-order valence-electron chi connectivity index (χ0n) is 8.69. The van der Waals surface area contributed by atoms with Crippen molar-refractivity contribution in [3.63, 3.8) is 0 Å². The first-order chi connectivity index (χ1) is 7.15. The number of aryl methyl sites for hydroxylation is 1. The number of benzene rings is 1. The molecule has 0 radical (unpaired) electrons. The van der Waals surface area contributed by atoms with Gasteiger partial charge in [-0.1, -0.05) is 17.7 Å². The van der Waals surface area contributed by atoms with Gasteiger partial charge in [0.15, 0.2) is 0 Å². The SMILES string of the molecule is Cc1ccc2c(c1)CC(CCC(=O)O)S2. The van der Waals surface area contributed by atoms with Gasteiger partial charge in [-0.2, -0.15) is 0 Å². The van der Waals surface area contributed by atoms with Crippen LogP contribution in [0.5, 0.6) is 0 Å². The quantitative estimate of drug-likeness (QED) is 0.854. The molecule has 1 aliphatic rings. The second kappa shape index (κ2) is 4.27. The standard InChI is InChI=1S/C12H14O2S/c1-8-2-4-11-9(6-8)7-10(15-11)3-5-12(13)14/h2,4,6,10H,3,5,7H2,1H3,(H,13,14). The summed E-state index contributed by atoms with van der Waals surface area (Å²) in [6.07, 6.45) is 2.08. The topological polar surface area (TPSA) is 37.3 Å². The number of rotatable bonds is 3. The van der Waals surface area contributed by atoms with Gasteiger partial charge in [0.05, 0.1) is 0 Å². The predicted molar refractivity (Wildman–Crippen MR) is 61.4 cm³/mol. The van der Waals surface area contributed by atoms with Crippen molar-refractivity contribution < 1.29 is 9.90 Å². The maximum Gasteiger partial charge on any atom is 0.303 e. The molecule has 3 heteroatoms. The highest BCUT2D eigenvalue weighted by Gasteiger charge is 2.22. The molecule has 15 heavy (non-hydrogen) atoms. The second-order valence-electron chi connectivity index (χ2n) is 3.99. The number of hydrogen-bond donors (Lipinski definition) is 1. The molecule has 2 nitrogen and oxygen atoms in total. The van der Waals surface area contributed by atoms with E-state index < -0.39 is 5.97 Å². The maximum atomic E-state index is 10.5. The lowest BCUT2D eigenvalue weighted by Crippen LogP contribution is -2.04. The fourth-order valence-electron chi connectivity index (χ4n) is 1.89. The lowest BCUT2D eigenvalue weighted by molar-refractivity contribution is -0.137. The van der Waals surface area contributed by atoms with E-state index in [1.165, 1.54) is 16.0 Å². The summed E-state index contributed by atoms with van der Waals surface area (Å²) in [5.41, 5.74) is 2.67. The number of carbonyl (C=O) groups is 1. The summed E-state index contributed by atoms with van der Waals surface area (Å²) in [5, 5.41) is 9.08. The number of thioether (sulfide) groups is 1. The number of carboxylic acids is 1. The van der Waals surface area contributed by atoms with E-state index in [9.17, 15) is 4.79 Å². The number of hydrogen-bond acceptors (Lipinski definition) is 2. The molecular formula is C12H14O2S. The first-order valence-electron chi connectivity index (χ1n) is 5.13. The van der Waals surface area contributed by atoms with E-state index >= 15 is 0 Å². The summed E-state index contributed by atoms with van der Waals surface area (Å²) in [4.78, 5) is 11.8. The van der Waals surface area contributed by atoms with Gasteiger partial charge in [-0.05, 0) is 31.4 Å². The van der Waals surface area contributed by atoms with E-state index in [2.05, 4.69) is 25.1 Å². The van der Waals surface area contributed by atoms with Gasteiger partial charge in [0.2, 0.25) is 0 Å². The third-order valence-corrected chi connectivity index (χ3v) is 4.03. The van der Waals surface area contributed by atoms with Crippen molar-refractivity contribution in [1.82, 2.24) is 0 Å². The van der Waals surface area contributed by atoms with Crippen LogP contribution in [0.2, 0.25) is 0 Å². The van der Waals surface area contributed by atoms with Crippen molar-refractivity contribution in [3.8, 4) is 0 Å². The van der Waals surface area contributed by atoms with Gasteiger partial charge >= 0.3 is 5.97 Å². The van der Waals surface area contributed by atoms with E-state index in [1.54, 1.807) is 0 Å². The van der Waals surface area contributed by atoms with Crippen molar-refractivity contribution in [3.05, 3.63) is 29.3 Å². The van der Waals surface area contributed by atoms with Crippen molar-refractivity contribution in [2.24, 2.45) is 0 Å². The third kappa shape index (κ3) is 2.53. The van der Waals surface area contributed by atoms with Crippen LogP contribution < -0.4 is 0 Å². The molecule has 1 aliphatic heterocycles. The predicted octanol–water partition coefficient (Wildman–Crippen LogP) is 2.88. The minimum Gasteiger partial charge on any atom is -0.481 e. The molecular weight excluding hydrogens is 208 g/mol. The van der Waals surface area contributed by atoms with Gasteiger partial charge in [-0.25, -0.2) is 0 Å². The lowest BCUT2D eigenvalue weighted by atomic mass is 10.1. The van der Waals surface area contributed by atoms with Crippen LogP contribution in [0, 0.1) is 6.92 Å². The molecule has 0 spiro atoms. The fourth-order valence-corrected chi connectivity index (χ4v) is 3.19. The molecule has 1 heterocycles. The molecule has 0 aromatic heterocycles. The second-order valence-corrected chi connectivity index (χ2v) is 5.33. The third-order valence-electron chi connectivity index (χ3n) is 2.64. The largest absolute Gasteiger partial charge is 0.481 e. The van der Waals surface area contributed by atoms with Gasteiger partial charge in [-0.15, -0.1) is 11.8 Å². The van der Waals surface area contributed by atoms with Crippen molar-refractivity contribution in [2.45, 2.75) is 36.3 Å². The molecule has 1 atom stereocenters. The Labute approximate surface area is 93.7 Å². The normalized spacial score (nSPS) is 18.9. The van der Waals surface area contributed by atoms with Crippen LogP contribution in [0.4, 0.5) is 0 Å². The van der Waals surface area contributed by atoms with Crippen LogP contribution in [-0.2, 0) is 11.2 Å². The van der Waals surface area contributed by atoms with Crippen molar-refractivity contribution >= 4 is 17.7 Å². The molecule has 80 valence electrons. The Morgan fingerprint density at radius 3 is 3.13 bits per heavy atom. The van der Waals surface area contributed by atoms with Crippen LogP contribution >= 0.6 is 11.8 Å². The highest BCUT2D eigenvalue weighted by Crippen LogP contribution is 2.39. The maximum absolute atomic E-state index is 10.5. The van der Waals surface area contributed by atoms with Gasteiger partial charge < -0.3 is 5.11 Å². The van der Waals surface area contributed by atoms with Crippen molar-refractivity contribution in [1.29, 1.82) is 0 Å². The number of aliphatic carboxylic acids is 1. The van der Waals surface area contributed by atoms with E-state index in [-0.39, 0.29) is 6.42 Å². The summed E-state index contributed by atoms with van der Waals surface area (Å²) < 4.78 is 0. The molecule has 0 saturated heterocycles. The Morgan fingerprint density at radius 2 is 2.40 bits per heavy atom. The highest BCUT2D eigenvalue weighted by molar-refractivity contribution is 8.00. The van der Waals surface area contributed by atoms with Crippen molar-refractivity contribution in [2.75, 3.05) is 0 Å². The Morgan fingerprint density at radius 1 is 1.60 bits per heavy atom. The summed E-state index contributed by atoms with van der Waals surface area (Å²) >= 11 is 1.82. The van der Waals surface area contributed by atoms with Crippen LogP contribution in [0.25, 0.3) is 0 Å². The zero-order chi connectivity index (χ0) is 10.8. The van der Waals surface area contributed by atoms with Gasteiger partial charge in [0.25, 0.3) is 0 Å². The molecule has 1 N–H and O–H groups in total. The summed E-state index contributed by atoms with van der Waals surface area (Å²) in [5.74, 6) is -0.692. The average molecular weight is 222 g/mol. The number of fused-ring (bicyclic) bond motifs is 1. The van der Waals surface area contributed by atoms with Crippen LogP contribution in [0.15, 0.2) is 23.1 Å². The fraction of sp³-hybridized carbons (Fsp3) is 0.417. The molecule has 1 aromatic carbocycles. The Balaban J connectivity index is 2.00. The van der Waals surface area contributed by atoms with E-state index in [4.69, 9.17) is 5.11 Å². The van der Waals surface area contributed by atoms with E-state index in [0.29, 0.717) is 5.25 Å². The Bertz CT molecular complexity index is 387. The van der Waals surface area contributed by atoms with Crippen LogP contribution in [0.3, 0.4) is 0 Å². The molecule has 1 aromatic rings. The van der Waals surface area contributed by atoms with Crippen LogP contribution in [0.1, 0.15) is 24.0 Å². The molecule has 0 aliphatic carbocycles. The van der Waals surface area contributed by atoms with Gasteiger partial charge in [0.1, 0.15) is 0 Å². The lowest BCUT2D eigenvalue weighted by Gasteiger charge is -2.04. The zero-order valence-corrected chi connectivity index (χ0v) is 9.51. The summed E-state index contributed by atoms with van der Waals surface area (Å²) in [7, 11) is 0. The smallest absolute Gasteiger partial charge is 0.303 e. The summed E-state index contributed by atoms with van der Waals surface area (Å²) in [6.45, 7) is 2.09. The molecule has 1 unspecified atom stereocenters. The molecule has 0 saturated carbocycles. The molecule has 0 bridgehead atoms. The molecule has 0 amide bonds. The summed E-state index contributed by atoms with van der Waals surface area (Å²) in [6, 6.07) is 6.48. The Hall–Kier alpha value is -0.960. The first-order valence-corrected chi connectivity index (χ1v) is 6.01. The van der Waals surface area contributed by atoms with Gasteiger partial charge in [-0.3, -0.25) is 4.79 Å².